The summed E-state index contributed by atoms with van der Waals surface area (Å²) < 4.78 is 5.49. The molecule has 0 fully saturated rings. The van der Waals surface area contributed by atoms with Gasteiger partial charge in [0.2, 0.25) is 0 Å². The van der Waals surface area contributed by atoms with E-state index in [1.54, 1.807) is 7.11 Å². The Kier molecular flexibility index (Phi) is 4.80. The van der Waals surface area contributed by atoms with Gasteiger partial charge in [-0.1, -0.05) is 47.5 Å². The van der Waals surface area contributed by atoms with Gasteiger partial charge < -0.3 is 9.84 Å². The van der Waals surface area contributed by atoms with Crippen LogP contribution in [0.15, 0.2) is 42.5 Å². The number of aliphatic hydroxyl groups is 1. The summed E-state index contributed by atoms with van der Waals surface area (Å²) in [4.78, 5) is 0. The Balaban J connectivity index is 2.47. The van der Waals surface area contributed by atoms with E-state index in [0.29, 0.717) is 6.42 Å². The standard InChI is InChI=1S/C18H22O2/c1-13-4-7-15(8-5-13)16(10-11-19)17-12-14(2)6-9-18(17)20-3/h4-9,12,16,19H,10-11H2,1-3H3. The van der Waals surface area contributed by atoms with Crippen molar-refractivity contribution in [3.63, 3.8) is 0 Å². The van der Waals surface area contributed by atoms with E-state index in [1.165, 1.54) is 16.7 Å². The summed E-state index contributed by atoms with van der Waals surface area (Å²) in [6.07, 6.45) is 0.697. The third-order valence-corrected chi connectivity index (χ3v) is 3.66. The average molecular weight is 270 g/mol. The maximum atomic E-state index is 9.41. The molecule has 1 unspecified atom stereocenters. The van der Waals surface area contributed by atoms with Gasteiger partial charge in [-0.25, -0.2) is 0 Å². The lowest BCUT2D eigenvalue weighted by Crippen LogP contribution is -2.06. The van der Waals surface area contributed by atoms with Gasteiger partial charge in [-0.05, 0) is 31.9 Å². The number of aliphatic hydroxyl groups excluding tert-OH is 1. The van der Waals surface area contributed by atoms with Crippen molar-refractivity contribution in [2.24, 2.45) is 0 Å². The molecule has 0 bridgehead atoms. The predicted molar refractivity (Wildman–Crippen MR) is 82.5 cm³/mol. The first-order valence-corrected chi connectivity index (χ1v) is 6.97. The van der Waals surface area contributed by atoms with E-state index in [1.807, 2.05) is 12.1 Å². The van der Waals surface area contributed by atoms with Crippen molar-refractivity contribution < 1.29 is 9.84 Å². The van der Waals surface area contributed by atoms with Gasteiger partial charge in [0, 0.05) is 18.1 Å². The Bertz CT molecular complexity index is 558. The minimum atomic E-state index is 0.162. The molecule has 1 atom stereocenters. The fourth-order valence-electron chi connectivity index (χ4n) is 2.56. The molecule has 0 heterocycles. The van der Waals surface area contributed by atoms with E-state index in [2.05, 4.69) is 44.2 Å². The van der Waals surface area contributed by atoms with Crippen molar-refractivity contribution in [1.29, 1.82) is 0 Å². The summed E-state index contributed by atoms with van der Waals surface area (Å²) >= 11 is 0. The largest absolute Gasteiger partial charge is 0.496 e. The Morgan fingerprint density at radius 1 is 1.00 bits per heavy atom. The zero-order valence-corrected chi connectivity index (χ0v) is 12.4. The molecule has 2 nitrogen and oxygen atoms in total. The minimum absolute atomic E-state index is 0.162. The van der Waals surface area contributed by atoms with Crippen LogP contribution in [0.3, 0.4) is 0 Å². The van der Waals surface area contributed by atoms with Crippen molar-refractivity contribution in [2.45, 2.75) is 26.2 Å². The second-order valence-corrected chi connectivity index (χ2v) is 5.22. The van der Waals surface area contributed by atoms with Crippen molar-refractivity contribution in [2.75, 3.05) is 13.7 Å². The van der Waals surface area contributed by atoms with Crippen LogP contribution in [0.25, 0.3) is 0 Å². The van der Waals surface area contributed by atoms with Gasteiger partial charge in [-0.15, -0.1) is 0 Å². The molecule has 0 radical (unpaired) electrons. The highest BCUT2D eigenvalue weighted by molar-refractivity contribution is 5.44. The van der Waals surface area contributed by atoms with E-state index >= 15 is 0 Å². The van der Waals surface area contributed by atoms with E-state index in [-0.39, 0.29) is 12.5 Å². The summed E-state index contributed by atoms with van der Waals surface area (Å²) in [6.45, 7) is 4.32. The summed E-state index contributed by atoms with van der Waals surface area (Å²) in [5, 5.41) is 9.41. The SMILES string of the molecule is COc1ccc(C)cc1C(CCO)c1ccc(C)cc1. The van der Waals surface area contributed by atoms with E-state index in [4.69, 9.17) is 4.74 Å². The molecular weight excluding hydrogens is 248 g/mol. The van der Waals surface area contributed by atoms with Crippen molar-refractivity contribution in [3.8, 4) is 5.75 Å². The number of benzene rings is 2. The van der Waals surface area contributed by atoms with Crippen LogP contribution in [-0.2, 0) is 0 Å². The molecule has 0 aliphatic carbocycles. The highest BCUT2D eigenvalue weighted by Crippen LogP contribution is 2.35. The second kappa shape index (κ2) is 6.58. The fraction of sp³-hybridized carbons (Fsp3) is 0.333. The number of ether oxygens (including phenoxy) is 1. The fourth-order valence-corrected chi connectivity index (χ4v) is 2.56. The lowest BCUT2D eigenvalue weighted by molar-refractivity contribution is 0.280. The Morgan fingerprint density at radius 2 is 1.65 bits per heavy atom. The first kappa shape index (κ1) is 14.6. The first-order chi connectivity index (χ1) is 9.65. The molecule has 0 saturated carbocycles. The molecule has 20 heavy (non-hydrogen) atoms. The summed E-state index contributed by atoms with van der Waals surface area (Å²) in [5.74, 6) is 1.05. The van der Waals surface area contributed by atoms with Crippen LogP contribution in [-0.4, -0.2) is 18.8 Å². The number of rotatable bonds is 5. The summed E-state index contributed by atoms with van der Waals surface area (Å²) in [5.41, 5.74) is 4.81. The zero-order chi connectivity index (χ0) is 14.5. The van der Waals surface area contributed by atoms with Gasteiger partial charge in [0.15, 0.2) is 0 Å². The van der Waals surface area contributed by atoms with Gasteiger partial charge in [0.25, 0.3) is 0 Å². The zero-order valence-electron chi connectivity index (χ0n) is 12.4. The van der Waals surface area contributed by atoms with Crippen LogP contribution in [0.5, 0.6) is 5.75 Å². The average Bonchev–Trinajstić information content (AvgIpc) is 2.46. The maximum absolute atomic E-state index is 9.41. The maximum Gasteiger partial charge on any atom is 0.122 e. The molecule has 0 spiro atoms. The third-order valence-electron chi connectivity index (χ3n) is 3.66. The molecule has 106 valence electrons. The normalized spacial score (nSPS) is 12.2. The van der Waals surface area contributed by atoms with Gasteiger partial charge >= 0.3 is 0 Å². The van der Waals surface area contributed by atoms with Gasteiger partial charge in [0.05, 0.1) is 7.11 Å². The molecule has 0 saturated heterocycles. The molecular formula is C18H22O2. The molecule has 2 aromatic carbocycles. The molecule has 1 N–H and O–H groups in total. The molecule has 0 amide bonds. The lowest BCUT2D eigenvalue weighted by atomic mass is 9.87. The van der Waals surface area contributed by atoms with Crippen LogP contribution >= 0.6 is 0 Å². The molecule has 0 aromatic heterocycles. The number of methoxy groups -OCH3 is 1. The summed E-state index contributed by atoms with van der Waals surface area (Å²) in [7, 11) is 1.69. The van der Waals surface area contributed by atoms with Crippen LogP contribution in [0.1, 0.15) is 34.6 Å². The molecule has 0 aliphatic heterocycles. The number of aryl methyl sites for hydroxylation is 2. The number of hydrogen-bond acceptors (Lipinski definition) is 2. The molecule has 0 aliphatic rings. The monoisotopic (exact) mass is 270 g/mol. The minimum Gasteiger partial charge on any atom is -0.496 e. The number of hydrogen-bond donors (Lipinski definition) is 1. The van der Waals surface area contributed by atoms with Crippen LogP contribution < -0.4 is 4.74 Å². The lowest BCUT2D eigenvalue weighted by Gasteiger charge is -2.20. The Morgan fingerprint density at radius 3 is 2.25 bits per heavy atom. The highest BCUT2D eigenvalue weighted by atomic mass is 16.5. The van der Waals surface area contributed by atoms with Gasteiger partial charge in [-0.3, -0.25) is 0 Å². The first-order valence-electron chi connectivity index (χ1n) is 6.97. The predicted octanol–water partition coefficient (Wildman–Crippen LogP) is 3.83. The Hall–Kier alpha value is -1.80. The third kappa shape index (κ3) is 3.20. The van der Waals surface area contributed by atoms with Crippen molar-refractivity contribution in [1.82, 2.24) is 0 Å². The van der Waals surface area contributed by atoms with E-state index in [0.717, 1.165) is 11.3 Å². The molecule has 2 aromatic rings. The van der Waals surface area contributed by atoms with Crippen molar-refractivity contribution >= 4 is 0 Å². The Labute approximate surface area is 121 Å². The highest BCUT2D eigenvalue weighted by Gasteiger charge is 2.18. The van der Waals surface area contributed by atoms with Gasteiger partial charge in [-0.2, -0.15) is 0 Å². The second-order valence-electron chi connectivity index (χ2n) is 5.22. The van der Waals surface area contributed by atoms with Crippen LogP contribution in [0.4, 0.5) is 0 Å². The molecule has 2 heteroatoms. The smallest absolute Gasteiger partial charge is 0.122 e. The summed E-state index contributed by atoms with van der Waals surface area (Å²) in [6, 6.07) is 14.7. The van der Waals surface area contributed by atoms with Gasteiger partial charge in [0.1, 0.15) is 5.75 Å². The van der Waals surface area contributed by atoms with E-state index in [9.17, 15) is 5.11 Å². The van der Waals surface area contributed by atoms with Crippen molar-refractivity contribution in [3.05, 3.63) is 64.7 Å². The topological polar surface area (TPSA) is 29.5 Å². The van der Waals surface area contributed by atoms with E-state index < -0.39 is 0 Å². The molecule has 2 rings (SSSR count). The van der Waals surface area contributed by atoms with Crippen LogP contribution in [0, 0.1) is 13.8 Å². The quantitative estimate of drug-likeness (QED) is 0.894. The van der Waals surface area contributed by atoms with Crippen LogP contribution in [0.2, 0.25) is 0 Å².